The number of nitrogens with zero attached hydrogens (tertiary/aromatic N) is 2. The highest BCUT2D eigenvalue weighted by atomic mass is 35.5. The molecule has 1 saturated heterocycles. The van der Waals surface area contributed by atoms with Crippen molar-refractivity contribution in [3.63, 3.8) is 0 Å². The lowest BCUT2D eigenvalue weighted by molar-refractivity contribution is -0.119. The third-order valence-electron chi connectivity index (χ3n) is 4.78. The first kappa shape index (κ1) is 22.5. The van der Waals surface area contributed by atoms with Crippen LogP contribution in [0.15, 0.2) is 45.3 Å². The van der Waals surface area contributed by atoms with Gasteiger partial charge >= 0.3 is 0 Å². The smallest absolute Gasteiger partial charge is 0.258 e. The van der Waals surface area contributed by atoms with Crippen LogP contribution in [-0.2, 0) is 4.79 Å². The van der Waals surface area contributed by atoms with Gasteiger partial charge in [-0.2, -0.15) is 0 Å². The lowest BCUT2D eigenvalue weighted by Crippen LogP contribution is -2.30. The van der Waals surface area contributed by atoms with E-state index in [2.05, 4.69) is 15.6 Å². The Hall–Kier alpha value is -3.20. The summed E-state index contributed by atoms with van der Waals surface area (Å²) in [6.07, 6.45) is 0. The van der Waals surface area contributed by atoms with Crippen molar-refractivity contribution in [1.29, 1.82) is 5.41 Å². The van der Waals surface area contributed by atoms with E-state index in [4.69, 9.17) is 21.7 Å². The van der Waals surface area contributed by atoms with E-state index in [0.29, 0.717) is 22.1 Å². The molecule has 0 radical (unpaired) electrons. The predicted octanol–water partition coefficient (Wildman–Crippen LogP) is 2.56. The average Bonchev–Trinajstić information content (AvgIpc) is 3.10. The monoisotopic (exact) mass is 447 g/mol. The number of carbonyl (C=O) groups is 2. The van der Waals surface area contributed by atoms with Gasteiger partial charge < -0.3 is 25.7 Å². The molecule has 0 bridgehead atoms. The van der Waals surface area contributed by atoms with Crippen molar-refractivity contribution >= 4 is 34.8 Å². The topological polar surface area (TPSA) is 107 Å². The van der Waals surface area contributed by atoms with Gasteiger partial charge in [-0.1, -0.05) is 11.6 Å². The molecule has 0 atom stereocenters. The Bertz CT molecular complexity index is 1050. The molecule has 0 aliphatic carbocycles. The van der Waals surface area contributed by atoms with E-state index in [9.17, 15) is 14.0 Å². The van der Waals surface area contributed by atoms with Crippen molar-refractivity contribution in [2.45, 2.75) is 20.8 Å². The highest BCUT2D eigenvalue weighted by Crippen LogP contribution is 2.27. The van der Waals surface area contributed by atoms with Crippen LogP contribution in [0.25, 0.3) is 0 Å². The number of allylic oxidation sites excluding steroid dienone is 2. The van der Waals surface area contributed by atoms with E-state index in [-0.39, 0.29) is 49.2 Å². The molecule has 2 aliphatic heterocycles. The number of halogens is 2. The molecule has 3 N–H and O–H groups in total. The number of amides is 2. The largest absolute Gasteiger partial charge is 0.491 e. The molecule has 164 valence electrons. The Morgan fingerprint density at radius 3 is 2.77 bits per heavy atom. The third-order valence-corrected chi connectivity index (χ3v) is 5.33. The quantitative estimate of drug-likeness (QED) is 0.603. The van der Waals surface area contributed by atoms with Gasteiger partial charge in [-0.05, 0) is 26.0 Å². The van der Waals surface area contributed by atoms with Crippen molar-refractivity contribution in [2.75, 3.05) is 26.2 Å². The van der Waals surface area contributed by atoms with Crippen molar-refractivity contribution < 1.29 is 18.7 Å². The van der Waals surface area contributed by atoms with Crippen LogP contribution >= 0.6 is 11.6 Å². The number of aliphatic imine (C=N–C) groups is 1. The summed E-state index contributed by atoms with van der Waals surface area (Å²) < 4.78 is 19.3. The highest BCUT2D eigenvalue weighted by molar-refractivity contribution is 6.43. The van der Waals surface area contributed by atoms with E-state index in [1.54, 1.807) is 6.92 Å². The summed E-state index contributed by atoms with van der Waals surface area (Å²) in [7, 11) is 0. The first-order chi connectivity index (χ1) is 14.7. The molecule has 1 aromatic rings. The number of benzene rings is 1. The molecule has 1 aromatic carbocycles. The summed E-state index contributed by atoms with van der Waals surface area (Å²) in [5.74, 6) is -0.574. The SMILES string of the molecule is CC(=O)NCCOc1cc(F)ccc1C(=O)N1CC(=N)/C(=C2/N=C(C)C(Cl)=C(C)N2)C1. The number of carbonyl (C=O) groups excluding carboxylic acids is 2. The van der Waals surface area contributed by atoms with Crippen LogP contribution in [0.3, 0.4) is 0 Å². The Morgan fingerprint density at radius 2 is 2.10 bits per heavy atom. The number of likely N-dealkylation sites (tertiary alicyclic amines) is 1. The second-order valence-electron chi connectivity index (χ2n) is 7.20. The minimum absolute atomic E-state index is 0.0817. The van der Waals surface area contributed by atoms with Gasteiger partial charge in [0.05, 0.1) is 41.7 Å². The standard InChI is InChI=1S/C21H23ClFN5O3/c1-11-19(22)12(2)27-20(26-11)16-9-28(10-17(16)24)21(30)15-5-4-14(23)8-18(15)31-7-6-25-13(3)29/h4-5,8,24,26H,6-7,9-10H2,1-3H3,(H,25,29)/b20-16+,24-17?. The summed E-state index contributed by atoms with van der Waals surface area (Å²) in [6.45, 7) is 5.53. The normalized spacial score (nSPS) is 18.7. The molecule has 0 unspecified atom stereocenters. The molecule has 1 fully saturated rings. The summed E-state index contributed by atoms with van der Waals surface area (Å²) in [5, 5.41) is 14.5. The van der Waals surface area contributed by atoms with E-state index >= 15 is 0 Å². The molecular formula is C21H23ClFN5O3. The Kier molecular flexibility index (Phi) is 6.74. The average molecular weight is 448 g/mol. The maximum Gasteiger partial charge on any atom is 0.258 e. The maximum atomic E-state index is 13.7. The van der Waals surface area contributed by atoms with Crippen molar-refractivity contribution in [3.8, 4) is 5.75 Å². The van der Waals surface area contributed by atoms with Gasteiger partial charge in [0, 0.05) is 24.3 Å². The maximum absolute atomic E-state index is 13.7. The number of hydrogen-bond acceptors (Lipinski definition) is 6. The lowest BCUT2D eigenvalue weighted by Gasteiger charge is -2.19. The van der Waals surface area contributed by atoms with Gasteiger partial charge in [0.25, 0.3) is 5.91 Å². The molecule has 31 heavy (non-hydrogen) atoms. The number of nitrogens with one attached hydrogen (secondary N) is 3. The molecule has 10 heteroatoms. The molecular weight excluding hydrogens is 425 g/mol. The highest BCUT2D eigenvalue weighted by Gasteiger charge is 2.32. The predicted molar refractivity (Wildman–Crippen MR) is 116 cm³/mol. The zero-order chi connectivity index (χ0) is 22.7. The molecule has 0 spiro atoms. The fourth-order valence-corrected chi connectivity index (χ4v) is 3.32. The summed E-state index contributed by atoms with van der Waals surface area (Å²) in [4.78, 5) is 30.0. The van der Waals surface area contributed by atoms with Crippen LogP contribution in [0.5, 0.6) is 5.75 Å². The molecule has 2 heterocycles. The van der Waals surface area contributed by atoms with Crippen LogP contribution < -0.4 is 15.4 Å². The fraction of sp³-hybridized carbons (Fsp3) is 0.333. The van der Waals surface area contributed by atoms with E-state index in [0.717, 1.165) is 11.8 Å². The Balaban J connectivity index is 1.79. The van der Waals surface area contributed by atoms with Crippen LogP contribution in [0, 0.1) is 11.2 Å². The Morgan fingerprint density at radius 1 is 1.35 bits per heavy atom. The molecule has 2 amide bonds. The number of ether oxygens (including phenoxy) is 1. The van der Waals surface area contributed by atoms with Gasteiger partial charge in [-0.15, -0.1) is 0 Å². The van der Waals surface area contributed by atoms with Gasteiger partial charge in [0.15, 0.2) is 0 Å². The number of hydrogen-bond donors (Lipinski definition) is 3. The second kappa shape index (κ2) is 9.30. The first-order valence-electron chi connectivity index (χ1n) is 9.63. The zero-order valence-electron chi connectivity index (χ0n) is 17.4. The van der Waals surface area contributed by atoms with E-state index < -0.39 is 11.7 Å². The minimum atomic E-state index is -0.543. The zero-order valence-corrected chi connectivity index (χ0v) is 18.2. The fourth-order valence-electron chi connectivity index (χ4n) is 3.23. The molecule has 2 aliphatic rings. The lowest BCUT2D eigenvalue weighted by atomic mass is 10.1. The van der Waals surface area contributed by atoms with Crippen molar-refractivity contribution in [3.05, 3.63) is 51.7 Å². The molecule has 8 nitrogen and oxygen atoms in total. The van der Waals surface area contributed by atoms with E-state index in [1.807, 2.05) is 6.92 Å². The first-order valence-corrected chi connectivity index (χ1v) is 10.0. The summed E-state index contributed by atoms with van der Waals surface area (Å²) >= 11 is 6.16. The van der Waals surface area contributed by atoms with Crippen LogP contribution in [0.2, 0.25) is 0 Å². The summed E-state index contributed by atoms with van der Waals surface area (Å²) in [5.41, 5.74) is 2.38. The van der Waals surface area contributed by atoms with Crippen molar-refractivity contribution in [1.82, 2.24) is 15.5 Å². The third kappa shape index (κ3) is 5.11. The van der Waals surface area contributed by atoms with E-state index in [1.165, 1.54) is 24.0 Å². The van der Waals surface area contributed by atoms with Crippen molar-refractivity contribution in [2.24, 2.45) is 4.99 Å². The minimum Gasteiger partial charge on any atom is -0.491 e. The van der Waals surface area contributed by atoms with Gasteiger partial charge in [-0.3, -0.25) is 9.59 Å². The van der Waals surface area contributed by atoms with Crippen LogP contribution in [0.4, 0.5) is 4.39 Å². The van der Waals surface area contributed by atoms with Crippen LogP contribution in [0.1, 0.15) is 31.1 Å². The molecule has 3 rings (SSSR count). The van der Waals surface area contributed by atoms with Crippen LogP contribution in [-0.4, -0.2) is 54.4 Å². The Labute approximate surface area is 184 Å². The van der Waals surface area contributed by atoms with Gasteiger partial charge in [0.2, 0.25) is 5.91 Å². The molecule has 0 saturated carbocycles. The second-order valence-corrected chi connectivity index (χ2v) is 7.58. The molecule has 0 aromatic heterocycles. The van der Waals surface area contributed by atoms with Gasteiger partial charge in [0.1, 0.15) is 24.0 Å². The summed E-state index contributed by atoms with van der Waals surface area (Å²) in [6, 6.07) is 3.67. The number of rotatable bonds is 5. The van der Waals surface area contributed by atoms with Gasteiger partial charge in [-0.25, -0.2) is 9.38 Å².